The van der Waals surface area contributed by atoms with Gasteiger partial charge in [0.1, 0.15) is 18.8 Å². The molecule has 0 fully saturated rings. The van der Waals surface area contributed by atoms with Crippen molar-refractivity contribution in [2.75, 3.05) is 6.35 Å². The van der Waals surface area contributed by atoms with Gasteiger partial charge in [0.25, 0.3) is 0 Å². The maximum atomic E-state index is 10.1. The standard InChI is InChI=1S/C21H29O4P/c1-6-14(2)20-12-17(7-8-21(20)22)11-19-15(3)9-18(10-16(19)4)25-13-26(5,23)24/h7-10,12,14,22-24H,5-6,11,13H2,1-4H3. The van der Waals surface area contributed by atoms with Crippen molar-refractivity contribution in [3.05, 3.63) is 58.1 Å². The summed E-state index contributed by atoms with van der Waals surface area (Å²) in [6.07, 6.45) is 4.89. The number of ether oxygens (including phenoxy) is 1. The zero-order valence-electron chi connectivity index (χ0n) is 16.0. The van der Waals surface area contributed by atoms with Crippen LogP contribution in [0.15, 0.2) is 30.3 Å². The highest BCUT2D eigenvalue weighted by Crippen LogP contribution is 2.35. The second-order valence-corrected chi connectivity index (χ2v) is 9.08. The Bertz CT molecular complexity index is 800. The van der Waals surface area contributed by atoms with Crippen LogP contribution in [0, 0.1) is 13.8 Å². The van der Waals surface area contributed by atoms with Crippen molar-refractivity contribution >= 4 is 13.6 Å². The third-order valence-electron chi connectivity index (χ3n) is 4.72. The van der Waals surface area contributed by atoms with E-state index in [-0.39, 0.29) is 6.35 Å². The summed E-state index contributed by atoms with van der Waals surface area (Å²) in [4.78, 5) is 18.8. The fourth-order valence-corrected chi connectivity index (χ4v) is 3.38. The molecule has 0 amide bonds. The minimum absolute atomic E-state index is 0.179. The van der Waals surface area contributed by atoms with E-state index in [9.17, 15) is 14.9 Å². The van der Waals surface area contributed by atoms with Gasteiger partial charge >= 0.3 is 0 Å². The number of aryl methyl sites for hydroxylation is 2. The summed E-state index contributed by atoms with van der Waals surface area (Å²) in [6.45, 7) is 8.28. The van der Waals surface area contributed by atoms with Gasteiger partial charge in [0.15, 0.2) is 6.35 Å². The third-order valence-corrected chi connectivity index (χ3v) is 5.27. The van der Waals surface area contributed by atoms with Gasteiger partial charge in [0.2, 0.25) is 0 Å². The Morgan fingerprint density at radius 1 is 1.12 bits per heavy atom. The number of rotatable bonds is 7. The van der Waals surface area contributed by atoms with E-state index in [0.717, 1.165) is 35.1 Å². The number of aromatic hydroxyl groups is 1. The van der Waals surface area contributed by atoms with Gasteiger partial charge in [0, 0.05) is 0 Å². The summed E-state index contributed by atoms with van der Waals surface area (Å²) in [5, 5.41) is 10.1. The van der Waals surface area contributed by atoms with Crippen LogP contribution >= 0.6 is 7.34 Å². The Balaban J connectivity index is 2.26. The van der Waals surface area contributed by atoms with Crippen molar-refractivity contribution in [2.24, 2.45) is 0 Å². The Morgan fingerprint density at radius 2 is 1.73 bits per heavy atom. The SMILES string of the molecule is C=P(O)(O)COc1cc(C)c(Cc2ccc(O)c(C(C)CC)c2)c(C)c1. The third kappa shape index (κ3) is 5.38. The maximum absolute atomic E-state index is 10.1. The van der Waals surface area contributed by atoms with Crippen LogP contribution in [-0.4, -0.2) is 27.5 Å². The van der Waals surface area contributed by atoms with Gasteiger partial charge in [-0.1, -0.05) is 26.0 Å². The molecule has 0 spiro atoms. The van der Waals surface area contributed by atoms with Crippen LogP contribution in [-0.2, 0) is 6.42 Å². The van der Waals surface area contributed by atoms with E-state index in [1.165, 1.54) is 5.56 Å². The van der Waals surface area contributed by atoms with Crippen molar-refractivity contribution < 1.29 is 19.6 Å². The summed E-state index contributed by atoms with van der Waals surface area (Å²) in [6, 6.07) is 9.65. The molecule has 0 aliphatic rings. The van der Waals surface area contributed by atoms with E-state index in [1.807, 2.05) is 32.0 Å². The number of phenols is 1. The highest BCUT2D eigenvalue weighted by molar-refractivity contribution is 7.62. The molecule has 1 atom stereocenters. The molecule has 0 bridgehead atoms. The Morgan fingerprint density at radius 3 is 2.27 bits per heavy atom. The Hall–Kier alpha value is -1.74. The number of benzene rings is 2. The molecule has 0 saturated heterocycles. The van der Waals surface area contributed by atoms with E-state index in [2.05, 4.69) is 26.2 Å². The highest BCUT2D eigenvalue weighted by atomic mass is 31.2. The molecule has 3 N–H and O–H groups in total. The van der Waals surface area contributed by atoms with Gasteiger partial charge in [-0.3, -0.25) is 0 Å². The second-order valence-electron chi connectivity index (χ2n) is 7.07. The average Bonchev–Trinajstić information content (AvgIpc) is 2.56. The van der Waals surface area contributed by atoms with E-state index >= 15 is 0 Å². The molecule has 0 aliphatic carbocycles. The van der Waals surface area contributed by atoms with Crippen LogP contribution in [0.5, 0.6) is 11.5 Å². The molecule has 2 rings (SSSR count). The molecule has 0 aliphatic heterocycles. The van der Waals surface area contributed by atoms with Crippen molar-refractivity contribution in [2.45, 2.75) is 46.5 Å². The fraction of sp³-hybridized carbons (Fsp3) is 0.381. The molecule has 2 aromatic rings. The first-order valence-electron chi connectivity index (χ1n) is 8.83. The summed E-state index contributed by atoms with van der Waals surface area (Å²) < 4.78 is 5.47. The zero-order valence-corrected chi connectivity index (χ0v) is 16.9. The van der Waals surface area contributed by atoms with Crippen molar-refractivity contribution in [1.29, 1.82) is 0 Å². The molecule has 4 nitrogen and oxygen atoms in total. The molecule has 1 unspecified atom stereocenters. The molecule has 0 radical (unpaired) electrons. The molecular weight excluding hydrogens is 347 g/mol. The smallest absolute Gasteiger partial charge is 0.152 e. The van der Waals surface area contributed by atoms with Crippen LogP contribution in [0.1, 0.15) is 54.0 Å². The molecule has 2 aromatic carbocycles. The van der Waals surface area contributed by atoms with Gasteiger partial charge in [-0.05, 0) is 84.9 Å². The number of hydrogen-bond donors (Lipinski definition) is 3. The number of phenolic OH excluding ortho intramolecular Hbond substituents is 1. The second kappa shape index (κ2) is 8.30. The average molecular weight is 376 g/mol. The minimum Gasteiger partial charge on any atom is -0.508 e. The quantitative estimate of drug-likeness (QED) is 0.612. The van der Waals surface area contributed by atoms with Gasteiger partial charge in [-0.25, -0.2) is 0 Å². The first kappa shape index (κ1) is 20.6. The fourth-order valence-electron chi connectivity index (χ4n) is 3.03. The lowest BCUT2D eigenvalue weighted by atomic mass is 9.91. The molecule has 0 heterocycles. The lowest BCUT2D eigenvalue weighted by Gasteiger charge is -2.17. The molecule has 26 heavy (non-hydrogen) atoms. The Labute approximate surface area is 156 Å². The van der Waals surface area contributed by atoms with Crippen molar-refractivity contribution in [3.63, 3.8) is 0 Å². The largest absolute Gasteiger partial charge is 0.508 e. The van der Waals surface area contributed by atoms with E-state index in [0.29, 0.717) is 17.4 Å². The van der Waals surface area contributed by atoms with E-state index in [4.69, 9.17) is 4.74 Å². The number of hydrogen-bond acceptors (Lipinski definition) is 4. The first-order chi connectivity index (χ1) is 12.1. The van der Waals surface area contributed by atoms with Crippen LogP contribution in [0.2, 0.25) is 0 Å². The van der Waals surface area contributed by atoms with Gasteiger partial charge in [-0.15, -0.1) is 0 Å². The van der Waals surface area contributed by atoms with Crippen LogP contribution < -0.4 is 4.74 Å². The molecule has 0 saturated carbocycles. The molecule has 5 heteroatoms. The van der Waals surface area contributed by atoms with E-state index in [1.54, 1.807) is 6.07 Å². The lowest BCUT2D eigenvalue weighted by Crippen LogP contribution is -2.02. The monoisotopic (exact) mass is 376 g/mol. The molecule has 142 valence electrons. The minimum atomic E-state index is -3.20. The van der Waals surface area contributed by atoms with Crippen molar-refractivity contribution in [1.82, 2.24) is 0 Å². The van der Waals surface area contributed by atoms with Crippen LogP contribution in [0.3, 0.4) is 0 Å². The summed E-state index contributed by atoms with van der Waals surface area (Å²) in [7, 11) is -3.20. The predicted octanol–water partition coefficient (Wildman–Crippen LogP) is 4.71. The summed E-state index contributed by atoms with van der Waals surface area (Å²) >= 11 is 0. The first-order valence-corrected chi connectivity index (χ1v) is 10.9. The van der Waals surface area contributed by atoms with Crippen molar-refractivity contribution in [3.8, 4) is 11.5 Å². The normalized spacial score (nSPS) is 12.8. The molecule has 0 aromatic heterocycles. The lowest BCUT2D eigenvalue weighted by molar-refractivity contribution is 0.344. The van der Waals surface area contributed by atoms with Crippen LogP contribution in [0.25, 0.3) is 0 Å². The summed E-state index contributed by atoms with van der Waals surface area (Å²) in [5.41, 5.74) is 5.53. The topological polar surface area (TPSA) is 69.9 Å². The van der Waals surface area contributed by atoms with Gasteiger partial charge < -0.3 is 19.6 Å². The summed E-state index contributed by atoms with van der Waals surface area (Å²) in [5.74, 6) is 1.29. The Kier molecular flexibility index (Phi) is 6.57. The maximum Gasteiger partial charge on any atom is 0.152 e. The van der Waals surface area contributed by atoms with Gasteiger partial charge in [0.05, 0.1) is 0 Å². The van der Waals surface area contributed by atoms with Crippen LogP contribution in [0.4, 0.5) is 0 Å². The highest BCUT2D eigenvalue weighted by Gasteiger charge is 2.13. The molecular formula is C21H29O4P. The van der Waals surface area contributed by atoms with Gasteiger partial charge in [-0.2, -0.15) is 0 Å². The zero-order chi connectivity index (χ0) is 19.5. The van der Waals surface area contributed by atoms with E-state index < -0.39 is 7.34 Å². The predicted molar refractivity (Wildman–Crippen MR) is 110 cm³/mol.